The molecule has 0 saturated heterocycles. The number of nitrogens with one attached hydrogen (secondary N) is 1. The van der Waals surface area contributed by atoms with E-state index in [9.17, 15) is 4.79 Å². The van der Waals surface area contributed by atoms with Gasteiger partial charge in [0.25, 0.3) is 5.91 Å². The van der Waals surface area contributed by atoms with Crippen molar-refractivity contribution >= 4 is 24.4 Å². The Balaban J connectivity index is 2.53. The molecule has 1 aliphatic rings. The average molecular weight is 269 g/mol. The molecule has 1 amide bonds. The Morgan fingerprint density at radius 1 is 1.50 bits per heavy atom. The lowest BCUT2D eigenvalue weighted by atomic mass is 10.2. The quantitative estimate of drug-likeness (QED) is 0.424. The molecule has 0 atom stereocenters. The van der Waals surface area contributed by atoms with Crippen molar-refractivity contribution in [3.05, 3.63) is 10.7 Å². The molecule has 5 heteroatoms. The van der Waals surface area contributed by atoms with E-state index in [-0.39, 0.29) is 17.6 Å². The van der Waals surface area contributed by atoms with E-state index in [2.05, 4.69) is 24.0 Å². The lowest BCUT2D eigenvalue weighted by Gasteiger charge is -2.13. The first-order chi connectivity index (χ1) is 8.69. The standard InChI is InChI=1S/C13H23N3OS/c1-3-4-9-18-12(14)11(15-2)13(17)16-10-7-5-6-8-10/h10H,2-9,14H2,1H3,(H,16,17)/b12-11-. The summed E-state index contributed by atoms with van der Waals surface area (Å²) in [7, 11) is 0. The van der Waals surface area contributed by atoms with E-state index in [1.54, 1.807) is 0 Å². The number of hydrogen-bond donors (Lipinski definition) is 2. The third kappa shape index (κ3) is 4.72. The van der Waals surface area contributed by atoms with Crippen LogP contribution in [0.2, 0.25) is 0 Å². The van der Waals surface area contributed by atoms with Crippen LogP contribution < -0.4 is 11.1 Å². The predicted octanol–water partition coefficient (Wildman–Crippen LogP) is 2.41. The van der Waals surface area contributed by atoms with Crippen LogP contribution in [0, 0.1) is 0 Å². The second kappa shape index (κ2) is 8.19. The molecule has 0 heterocycles. The highest BCUT2D eigenvalue weighted by molar-refractivity contribution is 8.03. The summed E-state index contributed by atoms with van der Waals surface area (Å²) in [4.78, 5) is 15.8. The van der Waals surface area contributed by atoms with Gasteiger partial charge >= 0.3 is 0 Å². The molecule has 0 aromatic rings. The smallest absolute Gasteiger partial charge is 0.272 e. The highest BCUT2D eigenvalue weighted by Gasteiger charge is 2.20. The molecular weight excluding hydrogens is 246 g/mol. The lowest BCUT2D eigenvalue weighted by Crippen LogP contribution is -2.34. The maximum absolute atomic E-state index is 12.0. The second-order valence-electron chi connectivity index (χ2n) is 4.53. The molecule has 1 aliphatic carbocycles. The zero-order valence-electron chi connectivity index (χ0n) is 11.1. The van der Waals surface area contributed by atoms with Crippen molar-refractivity contribution in [1.29, 1.82) is 0 Å². The number of amides is 1. The SMILES string of the molecule is C=N/C(C(=O)NC1CCCC1)=C(/N)SCCCC. The van der Waals surface area contributed by atoms with Crippen molar-refractivity contribution in [1.82, 2.24) is 5.32 Å². The number of thioether (sulfide) groups is 1. The van der Waals surface area contributed by atoms with Gasteiger partial charge in [0.05, 0.1) is 5.03 Å². The van der Waals surface area contributed by atoms with Crippen molar-refractivity contribution in [3.63, 3.8) is 0 Å². The van der Waals surface area contributed by atoms with E-state index < -0.39 is 0 Å². The van der Waals surface area contributed by atoms with Gasteiger partial charge in [0.2, 0.25) is 0 Å². The van der Waals surface area contributed by atoms with Crippen LogP contribution >= 0.6 is 11.8 Å². The van der Waals surface area contributed by atoms with Gasteiger partial charge in [0.15, 0.2) is 5.70 Å². The van der Waals surface area contributed by atoms with E-state index >= 15 is 0 Å². The fraction of sp³-hybridized carbons (Fsp3) is 0.692. The number of carbonyl (C=O) groups is 1. The van der Waals surface area contributed by atoms with Crippen LogP contribution in [0.1, 0.15) is 45.4 Å². The molecule has 0 spiro atoms. The first-order valence-electron chi connectivity index (χ1n) is 6.59. The number of unbranched alkanes of at least 4 members (excludes halogenated alkanes) is 1. The molecule has 1 saturated carbocycles. The third-order valence-electron chi connectivity index (χ3n) is 3.05. The number of aliphatic imine (C=N–C) groups is 1. The third-order valence-corrected chi connectivity index (χ3v) is 4.05. The van der Waals surface area contributed by atoms with Gasteiger partial charge in [-0.1, -0.05) is 26.2 Å². The molecule has 4 nitrogen and oxygen atoms in total. The minimum atomic E-state index is -0.182. The van der Waals surface area contributed by atoms with E-state index in [1.165, 1.54) is 24.6 Å². The molecule has 0 bridgehead atoms. The molecule has 1 fully saturated rings. The molecule has 18 heavy (non-hydrogen) atoms. The maximum atomic E-state index is 12.0. The lowest BCUT2D eigenvalue weighted by molar-refractivity contribution is -0.118. The largest absolute Gasteiger partial charge is 0.392 e. The molecule has 102 valence electrons. The van der Waals surface area contributed by atoms with Gasteiger partial charge in [-0.2, -0.15) is 0 Å². The molecule has 0 aliphatic heterocycles. The number of hydrogen-bond acceptors (Lipinski definition) is 4. The number of nitrogens with zero attached hydrogens (tertiary/aromatic N) is 1. The summed E-state index contributed by atoms with van der Waals surface area (Å²) < 4.78 is 0. The molecule has 0 aromatic heterocycles. The number of rotatable bonds is 7. The highest BCUT2D eigenvalue weighted by Crippen LogP contribution is 2.20. The molecule has 0 unspecified atom stereocenters. The van der Waals surface area contributed by atoms with Crippen LogP contribution in [0.3, 0.4) is 0 Å². The summed E-state index contributed by atoms with van der Waals surface area (Å²) in [6, 6.07) is 0.280. The van der Waals surface area contributed by atoms with Crippen LogP contribution in [-0.4, -0.2) is 24.4 Å². The van der Waals surface area contributed by atoms with E-state index in [0.717, 1.165) is 31.4 Å². The second-order valence-corrected chi connectivity index (χ2v) is 5.66. The summed E-state index contributed by atoms with van der Waals surface area (Å²) in [5.74, 6) is 0.733. The van der Waals surface area contributed by atoms with Gasteiger partial charge < -0.3 is 11.1 Å². The highest BCUT2D eigenvalue weighted by atomic mass is 32.2. The Morgan fingerprint density at radius 3 is 2.72 bits per heavy atom. The summed E-state index contributed by atoms with van der Waals surface area (Å²) in [6.07, 6.45) is 6.68. The minimum absolute atomic E-state index is 0.182. The predicted molar refractivity (Wildman–Crippen MR) is 78.5 cm³/mol. The Morgan fingerprint density at radius 2 is 2.17 bits per heavy atom. The zero-order valence-corrected chi connectivity index (χ0v) is 11.9. The van der Waals surface area contributed by atoms with Crippen molar-refractivity contribution in [2.24, 2.45) is 10.7 Å². The van der Waals surface area contributed by atoms with Crippen molar-refractivity contribution in [2.75, 3.05) is 5.75 Å². The summed E-state index contributed by atoms with van der Waals surface area (Å²) in [6.45, 7) is 5.57. The Kier molecular flexibility index (Phi) is 6.86. The van der Waals surface area contributed by atoms with Gasteiger partial charge in [-0.15, -0.1) is 11.8 Å². The van der Waals surface area contributed by atoms with Crippen molar-refractivity contribution < 1.29 is 4.79 Å². The first kappa shape index (κ1) is 15.1. The molecule has 1 rings (SSSR count). The summed E-state index contributed by atoms with van der Waals surface area (Å²) >= 11 is 1.48. The van der Waals surface area contributed by atoms with Crippen LogP contribution in [0.5, 0.6) is 0 Å². The zero-order chi connectivity index (χ0) is 13.4. The van der Waals surface area contributed by atoms with Gasteiger partial charge in [0, 0.05) is 6.04 Å². The number of carbonyl (C=O) groups excluding carboxylic acids is 1. The summed E-state index contributed by atoms with van der Waals surface area (Å²) in [5, 5.41) is 3.46. The van der Waals surface area contributed by atoms with Crippen LogP contribution in [0.15, 0.2) is 15.7 Å². The van der Waals surface area contributed by atoms with E-state index in [1.807, 2.05) is 0 Å². The fourth-order valence-electron chi connectivity index (χ4n) is 1.98. The van der Waals surface area contributed by atoms with Gasteiger partial charge in [-0.05, 0) is 31.7 Å². The van der Waals surface area contributed by atoms with Gasteiger partial charge in [-0.25, -0.2) is 0 Å². The number of nitrogens with two attached hydrogens (primary N) is 1. The minimum Gasteiger partial charge on any atom is -0.392 e. The molecule has 3 N–H and O–H groups in total. The normalized spacial score (nSPS) is 17.4. The van der Waals surface area contributed by atoms with Gasteiger partial charge in [0.1, 0.15) is 0 Å². The summed E-state index contributed by atoms with van der Waals surface area (Å²) in [5.41, 5.74) is 6.17. The average Bonchev–Trinajstić information content (AvgIpc) is 2.83. The molecule has 0 aromatic carbocycles. The first-order valence-corrected chi connectivity index (χ1v) is 7.57. The van der Waals surface area contributed by atoms with Gasteiger partial charge in [-0.3, -0.25) is 9.79 Å². The van der Waals surface area contributed by atoms with Crippen molar-refractivity contribution in [3.8, 4) is 0 Å². The maximum Gasteiger partial charge on any atom is 0.272 e. The monoisotopic (exact) mass is 269 g/mol. The van der Waals surface area contributed by atoms with E-state index in [4.69, 9.17) is 5.73 Å². The molecular formula is C13H23N3OS. The Hall–Kier alpha value is -0.970. The topological polar surface area (TPSA) is 67.5 Å². The fourth-order valence-corrected chi connectivity index (χ4v) is 2.93. The Bertz CT molecular complexity index is 322. The van der Waals surface area contributed by atoms with Crippen LogP contribution in [0.25, 0.3) is 0 Å². The van der Waals surface area contributed by atoms with Crippen LogP contribution in [0.4, 0.5) is 0 Å². The van der Waals surface area contributed by atoms with Crippen LogP contribution in [-0.2, 0) is 4.79 Å². The molecule has 0 radical (unpaired) electrons. The van der Waals surface area contributed by atoms with E-state index in [0.29, 0.717) is 5.03 Å². The Labute approximate surface area is 113 Å². The van der Waals surface area contributed by atoms with Crippen molar-refractivity contribution in [2.45, 2.75) is 51.5 Å².